The van der Waals surface area contributed by atoms with Crippen molar-refractivity contribution in [3.63, 3.8) is 0 Å². The number of rotatable bonds is 3. The predicted molar refractivity (Wildman–Crippen MR) is 80.9 cm³/mol. The minimum Gasteiger partial charge on any atom is -0.370 e. The first-order valence-electron chi connectivity index (χ1n) is 7.46. The van der Waals surface area contributed by atoms with Crippen molar-refractivity contribution < 1.29 is 4.52 Å². The molecule has 2 rings (SSSR count). The quantitative estimate of drug-likeness (QED) is 0.681. The van der Waals surface area contributed by atoms with E-state index in [1.807, 2.05) is 13.8 Å². The fraction of sp³-hybridized carbons (Fsp3) is 0.733. The van der Waals surface area contributed by atoms with E-state index < -0.39 is 0 Å². The van der Waals surface area contributed by atoms with Crippen molar-refractivity contribution in [1.29, 1.82) is 0 Å². The molecule has 2 N–H and O–H groups in total. The Kier molecular flexibility index (Phi) is 4.68. The fourth-order valence-electron chi connectivity index (χ4n) is 2.85. The molecule has 1 atom stereocenters. The number of hydrogen-bond donors (Lipinski definition) is 1. The van der Waals surface area contributed by atoms with E-state index in [1.54, 1.807) is 0 Å². The summed E-state index contributed by atoms with van der Waals surface area (Å²) in [4.78, 5) is 6.76. The van der Waals surface area contributed by atoms with Crippen molar-refractivity contribution in [2.45, 2.75) is 46.5 Å². The van der Waals surface area contributed by atoms with Crippen LogP contribution in [-0.4, -0.2) is 35.7 Å². The van der Waals surface area contributed by atoms with Gasteiger partial charge in [-0.2, -0.15) is 0 Å². The van der Waals surface area contributed by atoms with Crippen LogP contribution in [0.3, 0.4) is 0 Å². The van der Waals surface area contributed by atoms with Crippen molar-refractivity contribution in [2.24, 2.45) is 16.6 Å². The Balaban J connectivity index is 1.95. The Labute approximate surface area is 121 Å². The SMILES string of the molecule is Cc1noc(C)c1C(C)CN=C(N)N1CCC(C)CC1. The Bertz CT molecular complexity index is 453. The van der Waals surface area contributed by atoms with Crippen molar-refractivity contribution in [3.05, 3.63) is 17.0 Å². The van der Waals surface area contributed by atoms with Gasteiger partial charge in [0.2, 0.25) is 0 Å². The van der Waals surface area contributed by atoms with E-state index in [9.17, 15) is 0 Å². The molecule has 20 heavy (non-hydrogen) atoms. The number of nitrogens with two attached hydrogens (primary N) is 1. The number of guanidine groups is 1. The summed E-state index contributed by atoms with van der Waals surface area (Å²) in [7, 11) is 0. The van der Waals surface area contributed by atoms with Gasteiger partial charge in [-0.15, -0.1) is 0 Å². The van der Waals surface area contributed by atoms with E-state index in [4.69, 9.17) is 10.3 Å². The lowest BCUT2D eigenvalue weighted by molar-refractivity contribution is 0.277. The fourth-order valence-corrected chi connectivity index (χ4v) is 2.85. The average molecular weight is 278 g/mol. The van der Waals surface area contributed by atoms with Gasteiger partial charge in [0, 0.05) is 31.1 Å². The van der Waals surface area contributed by atoms with Gasteiger partial charge >= 0.3 is 0 Å². The van der Waals surface area contributed by atoms with Crippen LogP contribution in [-0.2, 0) is 0 Å². The molecule has 1 unspecified atom stereocenters. The lowest BCUT2D eigenvalue weighted by atomic mass is 9.99. The van der Waals surface area contributed by atoms with Gasteiger partial charge in [0.05, 0.1) is 5.69 Å². The maximum Gasteiger partial charge on any atom is 0.191 e. The molecule has 0 bridgehead atoms. The van der Waals surface area contributed by atoms with E-state index >= 15 is 0 Å². The van der Waals surface area contributed by atoms with E-state index in [2.05, 4.69) is 28.9 Å². The van der Waals surface area contributed by atoms with Crippen LogP contribution in [0.15, 0.2) is 9.52 Å². The molecule has 5 heteroatoms. The van der Waals surface area contributed by atoms with E-state index in [1.165, 1.54) is 12.8 Å². The maximum absolute atomic E-state index is 6.11. The minimum atomic E-state index is 0.281. The van der Waals surface area contributed by atoms with Gasteiger partial charge in [0.25, 0.3) is 0 Å². The molecule has 1 fully saturated rings. The van der Waals surface area contributed by atoms with Gasteiger partial charge in [0.15, 0.2) is 5.96 Å². The third-order valence-electron chi connectivity index (χ3n) is 4.22. The van der Waals surface area contributed by atoms with E-state index in [-0.39, 0.29) is 5.92 Å². The van der Waals surface area contributed by atoms with Crippen molar-refractivity contribution in [2.75, 3.05) is 19.6 Å². The molecule has 5 nitrogen and oxygen atoms in total. The zero-order chi connectivity index (χ0) is 14.7. The third kappa shape index (κ3) is 3.32. The highest BCUT2D eigenvalue weighted by molar-refractivity contribution is 5.78. The van der Waals surface area contributed by atoms with Gasteiger partial charge in [-0.25, -0.2) is 0 Å². The molecular weight excluding hydrogens is 252 g/mol. The largest absolute Gasteiger partial charge is 0.370 e. The highest BCUT2D eigenvalue weighted by Gasteiger charge is 2.19. The van der Waals surface area contributed by atoms with Crippen LogP contribution in [0.1, 0.15) is 49.6 Å². The van der Waals surface area contributed by atoms with Gasteiger partial charge in [0.1, 0.15) is 5.76 Å². The van der Waals surface area contributed by atoms with Gasteiger partial charge in [-0.05, 0) is 32.6 Å². The smallest absolute Gasteiger partial charge is 0.191 e. The average Bonchev–Trinajstić information content (AvgIpc) is 2.76. The van der Waals surface area contributed by atoms with Crippen molar-refractivity contribution >= 4 is 5.96 Å². The maximum atomic E-state index is 6.11. The van der Waals surface area contributed by atoms with E-state index in [0.29, 0.717) is 12.5 Å². The van der Waals surface area contributed by atoms with Gasteiger partial charge in [-0.3, -0.25) is 4.99 Å². The second-order valence-electron chi connectivity index (χ2n) is 6.01. The summed E-state index contributed by atoms with van der Waals surface area (Å²) >= 11 is 0. The van der Waals surface area contributed by atoms with Crippen LogP contribution >= 0.6 is 0 Å². The molecule has 0 amide bonds. The molecule has 1 aromatic rings. The molecule has 112 valence electrons. The number of aryl methyl sites for hydroxylation is 2. The van der Waals surface area contributed by atoms with E-state index in [0.717, 1.165) is 36.0 Å². The van der Waals surface area contributed by atoms with Crippen molar-refractivity contribution in [1.82, 2.24) is 10.1 Å². The van der Waals surface area contributed by atoms with Crippen LogP contribution < -0.4 is 5.73 Å². The van der Waals surface area contributed by atoms with Crippen LogP contribution in [0.5, 0.6) is 0 Å². The lowest BCUT2D eigenvalue weighted by Gasteiger charge is -2.31. The van der Waals surface area contributed by atoms with Crippen molar-refractivity contribution in [3.8, 4) is 0 Å². The Hall–Kier alpha value is -1.52. The first-order valence-corrected chi connectivity index (χ1v) is 7.46. The minimum absolute atomic E-state index is 0.281. The normalized spacial score (nSPS) is 19.4. The molecule has 2 heterocycles. The third-order valence-corrected chi connectivity index (χ3v) is 4.22. The molecule has 0 radical (unpaired) electrons. The molecule has 0 spiro atoms. The molecule has 0 aliphatic carbocycles. The second-order valence-corrected chi connectivity index (χ2v) is 6.01. The standard InChI is InChI=1S/C15H26N4O/c1-10-5-7-19(8-6-10)15(16)17-9-11(2)14-12(3)18-20-13(14)4/h10-11H,5-9H2,1-4H3,(H2,16,17). The highest BCUT2D eigenvalue weighted by atomic mass is 16.5. The van der Waals surface area contributed by atoms with Gasteiger partial charge in [-0.1, -0.05) is 19.0 Å². The molecule has 1 aliphatic rings. The summed E-state index contributed by atoms with van der Waals surface area (Å²) in [6.45, 7) is 11.1. The Morgan fingerprint density at radius 3 is 2.65 bits per heavy atom. The molecular formula is C15H26N4O. The molecule has 1 aliphatic heterocycles. The van der Waals surface area contributed by atoms with Crippen LogP contribution in [0, 0.1) is 19.8 Å². The first kappa shape index (κ1) is 14.9. The molecule has 1 aromatic heterocycles. The molecule has 0 saturated carbocycles. The summed E-state index contributed by atoms with van der Waals surface area (Å²) in [5, 5.41) is 4.00. The summed E-state index contributed by atoms with van der Waals surface area (Å²) in [5.74, 6) is 2.65. The molecule has 1 saturated heterocycles. The van der Waals surface area contributed by atoms with Gasteiger partial charge < -0.3 is 15.2 Å². The van der Waals surface area contributed by atoms with Crippen LogP contribution in [0.4, 0.5) is 0 Å². The number of hydrogen-bond acceptors (Lipinski definition) is 3. The summed E-state index contributed by atoms with van der Waals surface area (Å²) in [6, 6.07) is 0. The number of piperidine rings is 1. The summed E-state index contributed by atoms with van der Waals surface area (Å²) in [5.41, 5.74) is 8.22. The predicted octanol–water partition coefficient (Wildman–Crippen LogP) is 2.44. The second kappa shape index (κ2) is 6.29. The summed E-state index contributed by atoms with van der Waals surface area (Å²) < 4.78 is 5.21. The lowest BCUT2D eigenvalue weighted by Crippen LogP contribution is -2.42. The number of nitrogens with zero attached hydrogens (tertiary/aromatic N) is 3. The monoisotopic (exact) mass is 278 g/mol. The zero-order valence-electron chi connectivity index (χ0n) is 13.0. The number of aromatic nitrogens is 1. The van der Waals surface area contributed by atoms with Crippen LogP contribution in [0.25, 0.3) is 0 Å². The highest BCUT2D eigenvalue weighted by Crippen LogP contribution is 2.23. The molecule has 0 aromatic carbocycles. The first-order chi connectivity index (χ1) is 9.49. The Morgan fingerprint density at radius 1 is 1.45 bits per heavy atom. The Morgan fingerprint density at radius 2 is 2.10 bits per heavy atom. The van der Waals surface area contributed by atoms with Crippen LogP contribution in [0.2, 0.25) is 0 Å². The summed E-state index contributed by atoms with van der Waals surface area (Å²) in [6.07, 6.45) is 2.41. The topological polar surface area (TPSA) is 67.6 Å². The zero-order valence-corrected chi connectivity index (χ0v) is 13.0. The number of aliphatic imine (C=N–C) groups is 1. The number of likely N-dealkylation sites (tertiary alicyclic amines) is 1.